The first-order valence-corrected chi connectivity index (χ1v) is 9.92. The Morgan fingerprint density at radius 3 is 2.06 bits per heavy atom. The molecule has 0 aromatic heterocycles. The molecule has 2 N–H and O–H groups in total. The summed E-state index contributed by atoms with van der Waals surface area (Å²) in [4.78, 5) is 26.1. The molecule has 0 heterocycles. The van der Waals surface area contributed by atoms with Gasteiger partial charge in [-0.25, -0.2) is 0 Å². The van der Waals surface area contributed by atoms with Crippen molar-refractivity contribution in [2.24, 2.45) is 5.41 Å². The van der Waals surface area contributed by atoms with Crippen molar-refractivity contribution in [1.82, 2.24) is 0 Å². The van der Waals surface area contributed by atoms with E-state index in [4.69, 9.17) is 19.9 Å². The van der Waals surface area contributed by atoms with Crippen LogP contribution in [0.4, 0.5) is 18.9 Å². The van der Waals surface area contributed by atoms with Crippen LogP contribution in [0, 0.1) is 5.41 Å². The van der Waals surface area contributed by atoms with Gasteiger partial charge in [0, 0.05) is 11.6 Å². The van der Waals surface area contributed by atoms with Gasteiger partial charge in [0.15, 0.2) is 5.41 Å². The van der Waals surface area contributed by atoms with Crippen molar-refractivity contribution in [3.63, 3.8) is 0 Å². The van der Waals surface area contributed by atoms with Gasteiger partial charge in [-0.2, -0.15) is 13.2 Å². The number of ether oxygens (including phenoxy) is 3. The molecule has 0 radical (unpaired) electrons. The third-order valence-electron chi connectivity index (χ3n) is 5.57. The Balaban J connectivity index is 2.78. The molecule has 0 aliphatic rings. The number of alkyl halides is 3. The lowest BCUT2D eigenvalue weighted by Gasteiger charge is -2.36. The van der Waals surface area contributed by atoms with E-state index in [9.17, 15) is 22.8 Å². The zero-order valence-corrected chi connectivity index (χ0v) is 18.6. The lowest BCUT2D eigenvalue weighted by molar-refractivity contribution is -0.171. The van der Waals surface area contributed by atoms with Crippen LogP contribution in [0.25, 0.3) is 0 Å². The van der Waals surface area contributed by atoms with Crippen LogP contribution in [-0.4, -0.2) is 33.3 Å². The van der Waals surface area contributed by atoms with Crippen LogP contribution in [0.3, 0.4) is 0 Å². The van der Waals surface area contributed by atoms with Crippen LogP contribution >= 0.6 is 0 Å². The Labute approximate surface area is 190 Å². The molecule has 9 heteroatoms. The number of nitrogens with two attached hydrogens (primary N) is 1. The number of rotatable bonds is 9. The van der Waals surface area contributed by atoms with Gasteiger partial charge in [0.25, 0.3) is 0 Å². The van der Waals surface area contributed by atoms with Gasteiger partial charge in [0.2, 0.25) is 0 Å². The minimum atomic E-state index is -4.60. The Bertz CT molecular complexity index is 986. The Morgan fingerprint density at radius 2 is 1.61 bits per heavy atom. The number of nitrogen functional groups attached to an aromatic ring is 1. The van der Waals surface area contributed by atoms with Crippen LogP contribution in [0.2, 0.25) is 0 Å². The summed E-state index contributed by atoms with van der Waals surface area (Å²) in [6.45, 7) is 3.64. The molecule has 2 aromatic rings. The van der Waals surface area contributed by atoms with E-state index in [1.165, 1.54) is 13.2 Å². The SMILES string of the molecule is C=CCC(C(=O)OC)(C(=O)OC)C(Cc1cc(C(F)(F)F)ccc1N)c1ccc(OC)cc1. The van der Waals surface area contributed by atoms with Gasteiger partial charge < -0.3 is 19.9 Å². The minimum Gasteiger partial charge on any atom is -0.497 e. The van der Waals surface area contributed by atoms with Gasteiger partial charge in [-0.1, -0.05) is 18.2 Å². The summed E-state index contributed by atoms with van der Waals surface area (Å²) >= 11 is 0. The molecule has 178 valence electrons. The molecule has 0 bridgehead atoms. The maximum atomic E-state index is 13.3. The maximum Gasteiger partial charge on any atom is 0.416 e. The van der Waals surface area contributed by atoms with E-state index in [0.29, 0.717) is 11.3 Å². The lowest BCUT2D eigenvalue weighted by Crippen LogP contribution is -2.46. The molecular weight excluding hydrogens is 439 g/mol. The molecule has 0 saturated carbocycles. The summed E-state index contributed by atoms with van der Waals surface area (Å²) in [6.07, 6.45) is -3.59. The number of carbonyl (C=O) groups excluding carboxylic acids is 2. The highest BCUT2D eigenvalue weighted by Crippen LogP contribution is 2.45. The Hall–Kier alpha value is -3.49. The van der Waals surface area contributed by atoms with Gasteiger partial charge in [-0.05, 0) is 54.3 Å². The maximum absolute atomic E-state index is 13.3. The molecule has 1 atom stereocenters. The Morgan fingerprint density at radius 1 is 1.03 bits per heavy atom. The number of esters is 2. The molecule has 1 unspecified atom stereocenters. The van der Waals surface area contributed by atoms with Crippen molar-refractivity contribution < 1.29 is 37.0 Å². The molecule has 0 spiro atoms. The third kappa shape index (κ3) is 5.30. The fourth-order valence-corrected chi connectivity index (χ4v) is 3.86. The van der Waals surface area contributed by atoms with Gasteiger partial charge in [0.05, 0.1) is 26.9 Å². The summed E-state index contributed by atoms with van der Waals surface area (Å²) < 4.78 is 55.1. The quantitative estimate of drug-likeness (QED) is 0.253. The first-order valence-electron chi connectivity index (χ1n) is 9.92. The summed E-state index contributed by atoms with van der Waals surface area (Å²) in [5, 5.41) is 0. The standard InChI is InChI=1S/C24H26F3NO5/c1-5-12-23(21(29)32-3,22(30)33-4)19(15-6-9-18(31-2)10-7-15)14-16-13-17(24(25,26)27)8-11-20(16)28/h5-11,13,19H,1,12,14,28H2,2-4H3. The minimum absolute atomic E-state index is 0.0868. The largest absolute Gasteiger partial charge is 0.497 e. The monoisotopic (exact) mass is 465 g/mol. The molecule has 0 aliphatic carbocycles. The number of allylic oxidation sites excluding steroid dienone is 1. The zero-order valence-electron chi connectivity index (χ0n) is 18.6. The molecule has 2 rings (SSSR count). The van der Waals surface area contributed by atoms with E-state index in [2.05, 4.69) is 6.58 Å². The van der Waals surface area contributed by atoms with Gasteiger partial charge in [-0.3, -0.25) is 9.59 Å². The molecule has 0 fully saturated rings. The summed E-state index contributed by atoms with van der Waals surface area (Å²) in [6, 6.07) is 9.41. The predicted octanol–water partition coefficient (Wildman–Crippen LogP) is 4.53. The number of hydrogen-bond acceptors (Lipinski definition) is 6. The molecule has 0 aliphatic heterocycles. The first-order chi connectivity index (χ1) is 15.5. The highest BCUT2D eigenvalue weighted by Gasteiger charge is 2.54. The number of halogens is 3. The summed E-state index contributed by atoms with van der Waals surface area (Å²) in [5.74, 6) is -2.28. The van der Waals surface area contributed by atoms with Crippen LogP contribution in [-0.2, 0) is 31.7 Å². The van der Waals surface area contributed by atoms with Gasteiger partial charge in [-0.15, -0.1) is 6.58 Å². The van der Waals surface area contributed by atoms with E-state index in [-0.39, 0.29) is 24.1 Å². The predicted molar refractivity (Wildman–Crippen MR) is 117 cm³/mol. The van der Waals surface area contributed by atoms with Crippen molar-refractivity contribution in [1.29, 1.82) is 0 Å². The van der Waals surface area contributed by atoms with E-state index in [1.54, 1.807) is 24.3 Å². The van der Waals surface area contributed by atoms with E-state index >= 15 is 0 Å². The molecular formula is C24H26F3NO5. The van der Waals surface area contributed by atoms with E-state index < -0.39 is 35.0 Å². The van der Waals surface area contributed by atoms with Crippen LogP contribution < -0.4 is 10.5 Å². The van der Waals surface area contributed by atoms with Crippen molar-refractivity contribution in [2.75, 3.05) is 27.1 Å². The molecule has 6 nitrogen and oxygen atoms in total. The third-order valence-corrected chi connectivity index (χ3v) is 5.57. The fourth-order valence-electron chi connectivity index (χ4n) is 3.86. The summed E-state index contributed by atoms with van der Waals surface area (Å²) in [5.41, 5.74) is 3.87. The van der Waals surface area contributed by atoms with Crippen molar-refractivity contribution in [2.45, 2.75) is 24.9 Å². The molecule has 2 aromatic carbocycles. The van der Waals surface area contributed by atoms with E-state index in [1.807, 2.05) is 0 Å². The van der Waals surface area contributed by atoms with Crippen LogP contribution in [0.15, 0.2) is 55.1 Å². The van der Waals surface area contributed by atoms with Crippen LogP contribution in [0.5, 0.6) is 5.75 Å². The number of carbonyl (C=O) groups is 2. The number of methoxy groups -OCH3 is 3. The van der Waals surface area contributed by atoms with Crippen LogP contribution in [0.1, 0.15) is 29.0 Å². The lowest BCUT2D eigenvalue weighted by atomic mass is 9.67. The highest BCUT2D eigenvalue weighted by atomic mass is 19.4. The van der Waals surface area contributed by atoms with Crippen molar-refractivity contribution in [3.8, 4) is 5.75 Å². The summed E-state index contributed by atoms with van der Waals surface area (Å²) in [7, 11) is 3.71. The average Bonchev–Trinajstić information content (AvgIpc) is 2.80. The first kappa shape index (κ1) is 25.8. The molecule has 0 amide bonds. The molecule has 33 heavy (non-hydrogen) atoms. The molecule has 0 saturated heterocycles. The number of hydrogen-bond donors (Lipinski definition) is 1. The number of benzene rings is 2. The van der Waals surface area contributed by atoms with Crippen molar-refractivity contribution >= 4 is 17.6 Å². The smallest absolute Gasteiger partial charge is 0.416 e. The Kier molecular flexibility index (Phi) is 8.13. The van der Waals surface area contributed by atoms with Crippen molar-refractivity contribution in [3.05, 3.63) is 71.8 Å². The zero-order chi connectivity index (χ0) is 24.8. The normalized spacial score (nSPS) is 12.5. The second kappa shape index (κ2) is 10.4. The number of anilines is 1. The topological polar surface area (TPSA) is 87.9 Å². The fraction of sp³-hybridized carbons (Fsp3) is 0.333. The van der Waals surface area contributed by atoms with Gasteiger partial charge in [0.1, 0.15) is 5.75 Å². The van der Waals surface area contributed by atoms with Gasteiger partial charge >= 0.3 is 18.1 Å². The van der Waals surface area contributed by atoms with E-state index in [0.717, 1.165) is 32.4 Å². The highest BCUT2D eigenvalue weighted by molar-refractivity contribution is 6.01. The second-order valence-corrected chi connectivity index (χ2v) is 7.39. The average molecular weight is 465 g/mol. The second-order valence-electron chi connectivity index (χ2n) is 7.39.